The van der Waals surface area contributed by atoms with E-state index in [-0.39, 0.29) is 6.61 Å². The molecule has 0 aliphatic carbocycles. The van der Waals surface area contributed by atoms with Crippen molar-refractivity contribution in [2.45, 2.75) is 32.3 Å². The molecule has 3 aromatic rings. The first-order valence-corrected chi connectivity index (χ1v) is 10.5. The lowest BCUT2D eigenvalue weighted by molar-refractivity contribution is -0.197. The predicted molar refractivity (Wildman–Crippen MR) is 116 cm³/mol. The lowest BCUT2D eigenvalue weighted by Gasteiger charge is -2.26. The molecule has 1 saturated heterocycles. The highest BCUT2D eigenvalue weighted by Crippen LogP contribution is 2.29. The van der Waals surface area contributed by atoms with Gasteiger partial charge in [0, 0.05) is 11.5 Å². The fraction of sp³-hybridized carbons (Fsp3) is 0.375. The Kier molecular flexibility index (Phi) is 6.57. The second kappa shape index (κ2) is 9.38. The van der Waals surface area contributed by atoms with Crippen LogP contribution in [-0.2, 0) is 16.1 Å². The number of para-hydroxylation sites is 1. The van der Waals surface area contributed by atoms with Gasteiger partial charge < -0.3 is 24.4 Å². The molecule has 0 saturated carbocycles. The van der Waals surface area contributed by atoms with E-state index in [0.717, 1.165) is 5.56 Å². The zero-order valence-electron chi connectivity index (χ0n) is 18.1. The molecule has 1 fully saturated rings. The number of hydrogen-bond acceptors (Lipinski definition) is 6. The summed E-state index contributed by atoms with van der Waals surface area (Å²) in [5, 5.41) is 23.5. The minimum absolute atomic E-state index is 0.0247. The fourth-order valence-corrected chi connectivity index (χ4v) is 3.19. The van der Waals surface area contributed by atoms with Gasteiger partial charge in [0.15, 0.2) is 6.29 Å². The van der Waals surface area contributed by atoms with Crippen LogP contribution in [0.2, 0.25) is 0 Å². The number of aliphatic hydroxyl groups excluding tert-OH is 1. The molecule has 1 aliphatic heterocycles. The van der Waals surface area contributed by atoms with Gasteiger partial charge in [-0.1, -0.05) is 24.3 Å². The predicted octanol–water partition coefficient (Wildman–Crippen LogP) is 3.31. The summed E-state index contributed by atoms with van der Waals surface area (Å²) in [6.07, 6.45) is -1.65. The molecule has 0 bridgehead atoms. The molecule has 0 amide bonds. The molecule has 32 heavy (non-hydrogen) atoms. The molecule has 170 valence electrons. The van der Waals surface area contributed by atoms with Crippen LogP contribution in [0.5, 0.6) is 5.75 Å². The van der Waals surface area contributed by atoms with Gasteiger partial charge in [-0.2, -0.15) is 5.10 Å². The van der Waals surface area contributed by atoms with Crippen molar-refractivity contribution >= 4 is 0 Å². The summed E-state index contributed by atoms with van der Waals surface area (Å²) < 4.78 is 32.9. The summed E-state index contributed by atoms with van der Waals surface area (Å²) in [5.41, 5.74) is 1.10. The van der Waals surface area contributed by atoms with Gasteiger partial charge in [-0.3, -0.25) is 0 Å². The van der Waals surface area contributed by atoms with E-state index in [1.807, 2.05) is 24.3 Å². The Hall–Kier alpha value is -2.78. The average molecular weight is 442 g/mol. The second-order valence-electron chi connectivity index (χ2n) is 8.39. The maximum atomic E-state index is 14.6. The maximum Gasteiger partial charge on any atom is 0.180 e. The Morgan fingerprint density at radius 1 is 1.16 bits per heavy atom. The molecule has 0 atom stereocenters. The molecule has 2 aromatic carbocycles. The number of aliphatic hydroxyl groups is 2. The van der Waals surface area contributed by atoms with E-state index < -0.39 is 17.7 Å². The van der Waals surface area contributed by atoms with Crippen LogP contribution in [0.15, 0.2) is 54.6 Å². The zero-order valence-corrected chi connectivity index (χ0v) is 18.1. The minimum atomic E-state index is -1.65. The minimum Gasteiger partial charge on any atom is -0.493 e. The van der Waals surface area contributed by atoms with Gasteiger partial charge in [-0.05, 0) is 44.2 Å². The van der Waals surface area contributed by atoms with Crippen molar-refractivity contribution < 1.29 is 28.8 Å². The average Bonchev–Trinajstić information content (AvgIpc) is 3.16. The van der Waals surface area contributed by atoms with Crippen molar-refractivity contribution in [1.29, 1.82) is 0 Å². The van der Waals surface area contributed by atoms with Gasteiger partial charge in [0.05, 0.1) is 37.8 Å². The van der Waals surface area contributed by atoms with E-state index in [4.69, 9.17) is 14.2 Å². The van der Waals surface area contributed by atoms with E-state index >= 15 is 0 Å². The van der Waals surface area contributed by atoms with Crippen molar-refractivity contribution in [3.05, 3.63) is 66.1 Å². The summed E-state index contributed by atoms with van der Waals surface area (Å²) in [6.45, 7) is 5.16. The highest BCUT2D eigenvalue weighted by molar-refractivity contribution is 5.64. The standard InChI is InChI=1S/C24H27FN2O5/c1-24(2,23(28)29)32-15-18-11-22(27(26-18)21-9-4-3-8-20(21)25)17-6-5-7-19(10-17)31-14-16-12-30-13-16/h3-11,16,23,28-29H,12-15H2,1-2H3. The zero-order chi connectivity index (χ0) is 22.7. The lowest BCUT2D eigenvalue weighted by Crippen LogP contribution is -2.38. The molecule has 0 radical (unpaired) electrons. The highest BCUT2D eigenvalue weighted by atomic mass is 19.1. The van der Waals surface area contributed by atoms with Crippen LogP contribution in [0.3, 0.4) is 0 Å². The van der Waals surface area contributed by atoms with Crippen LogP contribution >= 0.6 is 0 Å². The third-order valence-corrected chi connectivity index (χ3v) is 5.38. The monoisotopic (exact) mass is 442 g/mol. The van der Waals surface area contributed by atoms with Gasteiger partial charge in [-0.25, -0.2) is 9.07 Å². The Morgan fingerprint density at radius 3 is 2.62 bits per heavy atom. The number of benzene rings is 2. The van der Waals surface area contributed by atoms with E-state index in [9.17, 15) is 14.6 Å². The second-order valence-corrected chi connectivity index (χ2v) is 8.39. The molecule has 0 unspecified atom stereocenters. The number of aromatic nitrogens is 2. The molecule has 2 N–H and O–H groups in total. The third-order valence-electron chi connectivity index (χ3n) is 5.38. The molecular formula is C24H27FN2O5. The number of nitrogens with zero attached hydrogens (tertiary/aromatic N) is 2. The van der Waals surface area contributed by atoms with Crippen LogP contribution in [0.4, 0.5) is 4.39 Å². The van der Waals surface area contributed by atoms with E-state index in [1.54, 1.807) is 38.1 Å². The molecule has 8 heteroatoms. The van der Waals surface area contributed by atoms with Crippen LogP contribution in [0, 0.1) is 11.7 Å². The molecule has 4 rings (SSSR count). The SMILES string of the molecule is CC(C)(OCc1cc(-c2cccc(OCC3COC3)c2)n(-c2ccccc2F)n1)C(O)O. The van der Waals surface area contributed by atoms with E-state index in [0.29, 0.717) is 48.6 Å². The number of hydrogen-bond donors (Lipinski definition) is 2. The topological polar surface area (TPSA) is 86.0 Å². The Morgan fingerprint density at radius 2 is 1.94 bits per heavy atom. The molecule has 2 heterocycles. The van der Waals surface area contributed by atoms with Crippen LogP contribution < -0.4 is 4.74 Å². The molecule has 1 aliphatic rings. The van der Waals surface area contributed by atoms with Crippen LogP contribution in [-0.4, -0.2) is 51.7 Å². The molecule has 0 spiro atoms. The van der Waals surface area contributed by atoms with Gasteiger partial charge >= 0.3 is 0 Å². The highest BCUT2D eigenvalue weighted by Gasteiger charge is 2.27. The summed E-state index contributed by atoms with van der Waals surface area (Å²) in [4.78, 5) is 0. The molecular weight excluding hydrogens is 415 g/mol. The van der Waals surface area contributed by atoms with Crippen molar-refractivity contribution in [1.82, 2.24) is 9.78 Å². The molecule has 1 aromatic heterocycles. The Labute approximate surface area is 186 Å². The number of ether oxygens (including phenoxy) is 3. The summed E-state index contributed by atoms with van der Waals surface area (Å²) >= 11 is 0. The largest absolute Gasteiger partial charge is 0.493 e. The smallest absolute Gasteiger partial charge is 0.180 e. The van der Waals surface area contributed by atoms with Crippen LogP contribution in [0.25, 0.3) is 16.9 Å². The molecule has 7 nitrogen and oxygen atoms in total. The van der Waals surface area contributed by atoms with E-state index in [1.165, 1.54) is 10.7 Å². The van der Waals surface area contributed by atoms with Crippen molar-refractivity contribution in [2.75, 3.05) is 19.8 Å². The maximum absolute atomic E-state index is 14.6. The normalized spacial score (nSPS) is 14.6. The first kappa shape index (κ1) is 22.4. The number of halogens is 1. The van der Waals surface area contributed by atoms with Crippen molar-refractivity contribution in [3.8, 4) is 22.7 Å². The van der Waals surface area contributed by atoms with Gasteiger partial charge in [0.25, 0.3) is 0 Å². The quantitative estimate of drug-likeness (QED) is 0.495. The first-order chi connectivity index (χ1) is 15.3. The fourth-order valence-electron chi connectivity index (χ4n) is 3.19. The Balaban J connectivity index is 1.65. The van der Waals surface area contributed by atoms with Crippen LogP contribution in [0.1, 0.15) is 19.5 Å². The van der Waals surface area contributed by atoms with Crippen molar-refractivity contribution in [3.63, 3.8) is 0 Å². The summed E-state index contributed by atoms with van der Waals surface area (Å²) in [5.74, 6) is 0.697. The van der Waals surface area contributed by atoms with Gasteiger partial charge in [0.2, 0.25) is 0 Å². The lowest BCUT2D eigenvalue weighted by atomic mass is 10.1. The number of rotatable bonds is 9. The Bertz CT molecular complexity index is 1060. The van der Waals surface area contributed by atoms with Gasteiger partial charge in [0.1, 0.15) is 22.9 Å². The van der Waals surface area contributed by atoms with Crippen molar-refractivity contribution in [2.24, 2.45) is 5.92 Å². The van der Waals surface area contributed by atoms with E-state index in [2.05, 4.69) is 5.10 Å². The van der Waals surface area contributed by atoms with Gasteiger partial charge in [-0.15, -0.1) is 0 Å². The first-order valence-electron chi connectivity index (χ1n) is 10.5. The summed E-state index contributed by atoms with van der Waals surface area (Å²) in [6, 6.07) is 15.7. The third kappa shape index (κ3) is 4.99. The summed E-state index contributed by atoms with van der Waals surface area (Å²) in [7, 11) is 0.